The van der Waals surface area contributed by atoms with Gasteiger partial charge in [0.1, 0.15) is 18.1 Å². The molecule has 0 aliphatic carbocycles. The van der Waals surface area contributed by atoms with Gasteiger partial charge in [-0.25, -0.2) is 0 Å². The van der Waals surface area contributed by atoms with Crippen LogP contribution in [0.15, 0.2) is 42.5 Å². The zero-order valence-corrected chi connectivity index (χ0v) is 11.4. The number of phenols is 1. The summed E-state index contributed by atoms with van der Waals surface area (Å²) in [5.41, 5.74) is 7.64. The first-order valence-corrected chi connectivity index (χ1v) is 6.40. The van der Waals surface area contributed by atoms with Crippen LogP contribution < -0.4 is 10.5 Å². The molecule has 2 aromatic carbocycles. The minimum absolute atomic E-state index is 0.0578. The van der Waals surface area contributed by atoms with Crippen molar-refractivity contribution in [2.45, 2.75) is 19.6 Å². The minimum atomic E-state index is -0.0578. The molecule has 3 nitrogen and oxygen atoms in total. The summed E-state index contributed by atoms with van der Waals surface area (Å²) in [6.45, 7) is 2.25. The summed E-state index contributed by atoms with van der Waals surface area (Å²) < 4.78 is 5.63. The van der Waals surface area contributed by atoms with Gasteiger partial charge in [-0.1, -0.05) is 29.8 Å². The lowest BCUT2D eigenvalue weighted by atomic mass is 10.1. The molecule has 0 aliphatic rings. The molecule has 19 heavy (non-hydrogen) atoms. The Balaban J connectivity index is 2.07. The number of benzene rings is 2. The normalized spacial score (nSPS) is 12.2. The lowest BCUT2D eigenvalue weighted by Crippen LogP contribution is -2.05. The van der Waals surface area contributed by atoms with Gasteiger partial charge in [0.25, 0.3) is 0 Å². The van der Waals surface area contributed by atoms with E-state index in [-0.39, 0.29) is 11.8 Å². The van der Waals surface area contributed by atoms with Crippen LogP contribution in [0.4, 0.5) is 0 Å². The van der Waals surface area contributed by atoms with E-state index in [0.717, 1.165) is 11.1 Å². The van der Waals surface area contributed by atoms with Crippen LogP contribution in [0.2, 0.25) is 5.02 Å². The Hall–Kier alpha value is -1.71. The Kier molecular flexibility index (Phi) is 4.30. The lowest BCUT2D eigenvalue weighted by molar-refractivity contribution is 0.305. The summed E-state index contributed by atoms with van der Waals surface area (Å²) in [4.78, 5) is 0. The minimum Gasteiger partial charge on any atom is -0.508 e. The molecular weight excluding hydrogens is 262 g/mol. The van der Waals surface area contributed by atoms with Crippen LogP contribution in [0, 0.1) is 0 Å². The maximum atomic E-state index is 9.37. The van der Waals surface area contributed by atoms with Gasteiger partial charge < -0.3 is 15.6 Å². The van der Waals surface area contributed by atoms with E-state index in [4.69, 9.17) is 22.1 Å². The maximum Gasteiger partial charge on any atom is 0.138 e. The fourth-order valence-electron chi connectivity index (χ4n) is 1.72. The number of hydrogen-bond acceptors (Lipinski definition) is 3. The summed E-state index contributed by atoms with van der Waals surface area (Å²) in [5.74, 6) is 0.828. The van der Waals surface area contributed by atoms with Crippen LogP contribution in [-0.2, 0) is 6.61 Å². The fraction of sp³-hybridized carbons (Fsp3) is 0.200. The largest absolute Gasteiger partial charge is 0.508 e. The van der Waals surface area contributed by atoms with E-state index < -0.39 is 0 Å². The molecule has 0 aliphatic heterocycles. The fourth-order valence-corrected chi connectivity index (χ4v) is 1.97. The van der Waals surface area contributed by atoms with Crippen LogP contribution in [0.1, 0.15) is 24.1 Å². The number of halogens is 1. The number of hydrogen-bond donors (Lipinski definition) is 2. The summed E-state index contributed by atoms with van der Waals surface area (Å²) in [7, 11) is 0. The molecule has 0 saturated heterocycles. The van der Waals surface area contributed by atoms with Crippen molar-refractivity contribution in [1.82, 2.24) is 0 Å². The molecular formula is C15H16ClNO2. The Labute approximate surface area is 117 Å². The van der Waals surface area contributed by atoms with Crippen LogP contribution in [0.5, 0.6) is 11.5 Å². The van der Waals surface area contributed by atoms with E-state index in [1.807, 2.05) is 31.2 Å². The first kappa shape index (κ1) is 13.7. The molecule has 0 fully saturated rings. The third-order valence-electron chi connectivity index (χ3n) is 2.79. The van der Waals surface area contributed by atoms with Crippen molar-refractivity contribution < 1.29 is 9.84 Å². The molecule has 2 rings (SSSR count). The van der Waals surface area contributed by atoms with Crippen molar-refractivity contribution >= 4 is 11.6 Å². The van der Waals surface area contributed by atoms with Crippen molar-refractivity contribution in [2.75, 3.05) is 0 Å². The van der Waals surface area contributed by atoms with Crippen LogP contribution in [-0.4, -0.2) is 5.11 Å². The predicted molar refractivity (Wildman–Crippen MR) is 76.5 cm³/mol. The Bertz CT molecular complexity index is 570. The van der Waals surface area contributed by atoms with Crippen molar-refractivity contribution in [1.29, 1.82) is 0 Å². The molecule has 2 aromatic rings. The lowest BCUT2D eigenvalue weighted by Gasteiger charge is -2.11. The van der Waals surface area contributed by atoms with E-state index in [0.29, 0.717) is 17.4 Å². The van der Waals surface area contributed by atoms with Crippen LogP contribution in [0.3, 0.4) is 0 Å². The summed E-state index contributed by atoms with van der Waals surface area (Å²) >= 11 is 6.14. The molecule has 3 N–H and O–H groups in total. The molecule has 0 spiro atoms. The highest BCUT2D eigenvalue weighted by molar-refractivity contribution is 6.32. The van der Waals surface area contributed by atoms with Gasteiger partial charge in [-0.2, -0.15) is 0 Å². The monoisotopic (exact) mass is 277 g/mol. The molecule has 0 heterocycles. The SMILES string of the molecule is C[C@H](N)c1ccc(OCc2cccc(O)c2)c(Cl)c1. The first-order valence-electron chi connectivity index (χ1n) is 6.02. The van der Waals surface area contributed by atoms with Gasteiger partial charge in [-0.3, -0.25) is 0 Å². The van der Waals surface area contributed by atoms with E-state index in [2.05, 4.69) is 0 Å². The standard InChI is InChI=1S/C15H16ClNO2/c1-10(17)12-5-6-15(14(16)8-12)19-9-11-3-2-4-13(18)7-11/h2-8,10,18H,9,17H2,1H3/t10-/m0/s1. The van der Waals surface area contributed by atoms with Gasteiger partial charge in [0, 0.05) is 6.04 Å². The van der Waals surface area contributed by atoms with Crippen molar-refractivity contribution in [3.8, 4) is 11.5 Å². The molecule has 0 amide bonds. The molecule has 100 valence electrons. The molecule has 0 bridgehead atoms. The summed E-state index contributed by atoms with van der Waals surface area (Å²) in [6, 6.07) is 12.4. The van der Waals surface area contributed by atoms with E-state index in [1.54, 1.807) is 18.2 Å². The number of aromatic hydroxyl groups is 1. The second kappa shape index (κ2) is 5.95. The highest BCUT2D eigenvalue weighted by atomic mass is 35.5. The van der Waals surface area contributed by atoms with E-state index in [1.165, 1.54) is 0 Å². The molecule has 1 atom stereocenters. The highest BCUT2D eigenvalue weighted by Crippen LogP contribution is 2.28. The van der Waals surface area contributed by atoms with Gasteiger partial charge in [0.05, 0.1) is 5.02 Å². The van der Waals surface area contributed by atoms with Crippen molar-refractivity contribution in [2.24, 2.45) is 5.73 Å². The Morgan fingerprint density at radius 3 is 2.68 bits per heavy atom. The predicted octanol–water partition coefficient (Wildman–Crippen LogP) is 3.64. The summed E-state index contributed by atoms with van der Waals surface area (Å²) in [5, 5.41) is 9.90. The van der Waals surface area contributed by atoms with Crippen molar-refractivity contribution in [3.63, 3.8) is 0 Å². The number of ether oxygens (including phenoxy) is 1. The number of phenolic OH excluding ortho intramolecular Hbond substituents is 1. The average molecular weight is 278 g/mol. The van der Waals surface area contributed by atoms with Gasteiger partial charge in [-0.15, -0.1) is 0 Å². The van der Waals surface area contributed by atoms with E-state index >= 15 is 0 Å². The third kappa shape index (κ3) is 3.63. The topological polar surface area (TPSA) is 55.5 Å². The number of nitrogens with two attached hydrogens (primary N) is 1. The van der Waals surface area contributed by atoms with Gasteiger partial charge in [-0.05, 0) is 42.3 Å². The maximum absolute atomic E-state index is 9.37. The molecule has 0 saturated carbocycles. The molecule has 4 heteroatoms. The molecule has 0 unspecified atom stereocenters. The quantitative estimate of drug-likeness (QED) is 0.897. The smallest absolute Gasteiger partial charge is 0.138 e. The van der Waals surface area contributed by atoms with Gasteiger partial charge in [0.15, 0.2) is 0 Å². The highest BCUT2D eigenvalue weighted by Gasteiger charge is 2.06. The second-order valence-electron chi connectivity index (χ2n) is 4.44. The second-order valence-corrected chi connectivity index (χ2v) is 4.84. The van der Waals surface area contributed by atoms with Gasteiger partial charge in [0.2, 0.25) is 0 Å². The van der Waals surface area contributed by atoms with Gasteiger partial charge >= 0.3 is 0 Å². The van der Waals surface area contributed by atoms with Crippen LogP contribution >= 0.6 is 11.6 Å². The first-order chi connectivity index (χ1) is 9.06. The number of rotatable bonds is 4. The molecule has 0 aromatic heterocycles. The zero-order chi connectivity index (χ0) is 13.8. The zero-order valence-electron chi connectivity index (χ0n) is 10.6. The van der Waals surface area contributed by atoms with Crippen molar-refractivity contribution in [3.05, 3.63) is 58.6 Å². The Morgan fingerprint density at radius 2 is 2.05 bits per heavy atom. The Morgan fingerprint density at radius 1 is 1.26 bits per heavy atom. The average Bonchev–Trinajstić information content (AvgIpc) is 2.37. The van der Waals surface area contributed by atoms with E-state index in [9.17, 15) is 5.11 Å². The summed E-state index contributed by atoms with van der Waals surface area (Å²) in [6.07, 6.45) is 0. The van der Waals surface area contributed by atoms with Crippen LogP contribution in [0.25, 0.3) is 0 Å². The third-order valence-corrected chi connectivity index (χ3v) is 3.08. The molecule has 0 radical (unpaired) electrons.